The second kappa shape index (κ2) is 6.77. The highest BCUT2D eigenvalue weighted by molar-refractivity contribution is 5.76. The summed E-state index contributed by atoms with van der Waals surface area (Å²) < 4.78 is 7.06. The normalized spacial score (nSPS) is 17.1. The minimum Gasteiger partial charge on any atom is -0.471 e. The molecule has 24 heavy (non-hydrogen) atoms. The summed E-state index contributed by atoms with van der Waals surface area (Å²) in [6.45, 7) is 4.55. The van der Waals surface area contributed by atoms with Crippen LogP contribution < -0.4 is 10.3 Å². The molecule has 126 valence electrons. The number of aromatic nitrogens is 4. The van der Waals surface area contributed by atoms with Gasteiger partial charge < -0.3 is 9.64 Å². The summed E-state index contributed by atoms with van der Waals surface area (Å²) in [7, 11) is 0. The maximum atomic E-state index is 12.4. The first-order valence-corrected chi connectivity index (χ1v) is 7.79. The monoisotopic (exact) mass is 329 g/mol. The molecule has 0 spiro atoms. The highest BCUT2D eigenvalue weighted by Gasteiger charge is 2.28. The fourth-order valence-electron chi connectivity index (χ4n) is 2.61. The van der Waals surface area contributed by atoms with Crippen molar-refractivity contribution in [1.82, 2.24) is 24.6 Å². The van der Waals surface area contributed by atoms with Crippen LogP contribution in [0.25, 0.3) is 0 Å². The highest BCUT2D eigenvalue weighted by Crippen LogP contribution is 2.16. The maximum Gasteiger partial charge on any atom is 0.256 e. The molecule has 1 aliphatic rings. The minimum absolute atomic E-state index is 0.00911. The Kier molecular flexibility index (Phi) is 4.54. The van der Waals surface area contributed by atoms with Gasteiger partial charge >= 0.3 is 0 Å². The van der Waals surface area contributed by atoms with Crippen LogP contribution in [0.5, 0.6) is 5.88 Å². The van der Waals surface area contributed by atoms with E-state index in [0.717, 1.165) is 6.42 Å². The second-order valence-electron chi connectivity index (χ2n) is 5.82. The van der Waals surface area contributed by atoms with E-state index in [9.17, 15) is 9.59 Å². The van der Waals surface area contributed by atoms with Crippen LogP contribution in [-0.2, 0) is 11.3 Å². The first-order chi connectivity index (χ1) is 11.5. The summed E-state index contributed by atoms with van der Waals surface area (Å²) in [5, 5.41) is 7.64. The van der Waals surface area contributed by atoms with Crippen molar-refractivity contribution in [3.63, 3.8) is 0 Å². The van der Waals surface area contributed by atoms with Crippen molar-refractivity contribution in [2.75, 3.05) is 13.1 Å². The summed E-state index contributed by atoms with van der Waals surface area (Å²) in [4.78, 5) is 30.4. The predicted octanol–water partition coefficient (Wildman–Crippen LogP) is 0.330. The lowest BCUT2D eigenvalue weighted by Gasteiger charge is -2.17. The van der Waals surface area contributed by atoms with Gasteiger partial charge in [0.25, 0.3) is 5.56 Å². The van der Waals surface area contributed by atoms with Gasteiger partial charge in [-0.05, 0) is 19.9 Å². The lowest BCUT2D eigenvalue weighted by Crippen LogP contribution is -2.36. The molecular formula is C16H19N5O3. The Bertz CT molecular complexity index is 790. The third-order valence-corrected chi connectivity index (χ3v) is 4.15. The zero-order chi connectivity index (χ0) is 17.1. The molecule has 0 aromatic carbocycles. The Morgan fingerprint density at radius 3 is 3.00 bits per heavy atom. The van der Waals surface area contributed by atoms with Gasteiger partial charge in [-0.1, -0.05) is 0 Å². The Balaban J connectivity index is 1.61. The molecule has 1 saturated heterocycles. The first-order valence-electron chi connectivity index (χ1n) is 7.79. The third-order valence-electron chi connectivity index (χ3n) is 4.15. The standard InChI is InChI=1S/C16H19N5O3/c1-11-12(2)17-10-21(16(11)23)9-15(22)20-7-5-13(8-20)24-14-4-3-6-18-19-14/h3-4,6,10,13H,5,7-9H2,1-2H3/t13-/m0/s1. The number of carbonyl (C=O) groups excluding carboxylic acids is 1. The minimum atomic E-state index is -0.178. The third kappa shape index (κ3) is 3.42. The topological polar surface area (TPSA) is 90.2 Å². The molecular weight excluding hydrogens is 310 g/mol. The van der Waals surface area contributed by atoms with Gasteiger partial charge in [-0.3, -0.25) is 14.2 Å². The van der Waals surface area contributed by atoms with E-state index >= 15 is 0 Å². The lowest BCUT2D eigenvalue weighted by molar-refractivity contribution is -0.131. The Morgan fingerprint density at radius 1 is 1.42 bits per heavy atom. The number of amides is 1. The van der Waals surface area contributed by atoms with Crippen molar-refractivity contribution in [3.05, 3.63) is 46.3 Å². The molecule has 1 amide bonds. The molecule has 8 nitrogen and oxygen atoms in total. The van der Waals surface area contributed by atoms with Gasteiger partial charge in [0.05, 0.1) is 12.9 Å². The van der Waals surface area contributed by atoms with Crippen LogP contribution in [0, 0.1) is 13.8 Å². The van der Waals surface area contributed by atoms with E-state index in [0.29, 0.717) is 30.2 Å². The smallest absolute Gasteiger partial charge is 0.256 e. The molecule has 0 unspecified atom stereocenters. The Hall–Kier alpha value is -2.77. The summed E-state index contributed by atoms with van der Waals surface area (Å²) in [5.41, 5.74) is 1.07. The van der Waals surface area contributed by atoms with Crippen molar-refractivity contribution in [2.45, 2.75) is 32.9 Å². The molecule has 0 saturated carbocycles. The molecule has 2 aromatic heterocycles. The lowest BCUT2D eigenvalue weighted by atomic mass is 10.3. The summed E-state index contributed by atoms with van der Waals surface area (Å²) in [6.07, 6.45) is 3.61. The highest BCUT2D eigenvalue weighted by atomic mass is 16.5. The van der Waals surface area contributed by atoms with Crippen molar-refractivity contribution in [2.24, 2.45) is 0 Å². The number of nitrogens with zero attached hydrogens (tertiary/aromatic N) is 5. The Labute approximate surface area is 139 Å². The van der Waals surface area contributed by atoms with E-state index < -0.39 is 0 Å². The van der Waals surface area contributed by atoms with E-state index in [1.807, 2.05) is 0 Å². The average molecular weight is 329 g/mol. The Morgan fingerprint density at radius 2 is 2.25 bits per heavy atom. The number of carbonyl (C=O) groups is 1. The maximum absolute atomic E-state index is 12.4. The van der Waals surface area contributed by atoms with Crippen molar-refractivity contribution in [3.8, 4) is 5.88 Å². The van der Waals surface area contributed by atoms with Gasteiger partial charge in [0.1, 0.15) is 12.6 Å². The average Bonchev–Trinajstić information content (AvgIpc) is 3.05. The number of rotatable bonds is 4. The molecule has 0 bridgehead atoms. The first kappa shape index (κ1) is 16.1. The van der Waals surface area contributed by atoms with E-state index in [-0.39, 0.29) is 24.1 Å². The molecule has 3 heterocycles. The molecule has 0 radical (unpaired) electrons. The summed E-state index contributed by atoms with van der Waals surface area (Å²) >= 11 is 0. The number of likely N-dealkylation sites (tertiary alicyclic amines) is 1. The molecule has 1 fully saturated rings. The number of ether oxygens (including phenoxy) is 1. The number of hydrogen-bond donors (Lipinski definition) is 0. The van der Waals surface area contributed by atoms with Gasteiger partial charge in [-0.25, -0.2) is 4.98 Å². The largest absolute Gasteiger partial charge is 0.471 e. The van der Waals surface area contributed by atoms with E-state index in [4.69, 9.17) is 4.74 Å². The van der Waals surface area contributed by atoms with Crippen LogP contribution in [-0.4, -0.2) is 49.7 Å². The number of hydrogen-bond acceptors (Lipinski definition) is 6. The second-order valence-corrected chi connectivity index (χ2v) is 5.82. The quantitative estimate of drug-likeness (QED) is 0.803. The van der Waals surface area contributed by atoms with Gasteiger partial charge in [0.15, 0.2) is 0 Å². The SMILES string of the molecule is Cc1ncn(CC(=O)N2CC[C@H](Oc3cccnn3)C2)c(=O)c1C. The van der Waals surface area contributed by atoms with E-state index in [1.54, 1.807) is 37.1 Å². The van der Waals surface area contributed by atoms with Crippen LogP contribution >= 0.6 is 0 Å². The van der Waals surface area contributed by atoms with Crippen LogP contribution in [0.1, 0.15) is 17.7 Å². The van der Waals surface area contributed by atoms with Crippen molar-refractivity contribution >= 4 is 5.91 Å². The van der Waals surface area contributed by atoms with Crippen molar-refractivity contribution < 1.29 is 9.53 Å². The van der Waals surface area contributed by atoms with Gasteiger partial charge in [0, 0.05) is 36.5 Å². The van der Waals surface area contributed by atoms with Crippen LogP contribution in [0.15, 0.2) is 29.5 Å². The van der Waals surface area contributed by atoms with E-state index in [1.165, 1.54) is 10.9 Å². The molecule has 1 aliphatic heterocycles. The van der Waals surface area contributed by atoms with E-state index in [2.05, 4.69) is 15.2 Å². The zero-order valence-corrected chi connectivity index (χ0v) is 13.7. The van der Waals surface area contributed by atoms with Crippen molar-refractivity contribution in [1.29, 1.82) is 0 Å². The fourth-order valence-corrected chi connectivity index (χ4v) is 2.61. The summed E-state index contributed by atoms with van der Waals surface area (Å²) in [5.74, 6) is 0.332. The van der Waals surface area contributed by atoms with Crippen LogP contribution in [0.2, 0.25) is 0 Å². The molecule has 2 aromatic rings. The zero-order valence-electron chi connectivity index (χ0n) is 13.7. The molecule has 8 heteroatoms. The molecule has 0 N–H and O–H groups in total. The molecule has 0 aliphatic carbocycles. The predicted molar refractivity (Wildman–Crippen MR) is 85.6 cm³/mol. The van der Waals surface area contributed by atoms with Gasteiger partial charge in [0.2, 0.25) is 11.8 Å². The van der Waals surface area contributed by atoms with Crippen LogP contribution in [0.3, 0.4) is 0 Å². The van der Waals surface area contributed by atoms with Gasteiger partial charge in [-0.15, -0.1) is 5.10 Å². The molecule has 1 atom stereocenters. The summed E-state index contributed by atoms with van der Waals surface area (Å²) in [6, 6.07) is 3.48. The van der Waals surface area contributed by atoms with Crippen LogP contribution in [0.4, 0.5) is 0 Å². The fraction of sp³-hybridized carbons (Fsp3) is 0.438. The number of aryl methyl sites for hydroxylation is 1. The van der Waals surface area contributed by atoms with Gasteiger partial charge in [-0.2, -0.15) is 5.10 Å². The molecule has 3 rings (SSSR count).